The first kappa shape index (κ1) is 11.5. The van der Waals surface area contributed by atoms with Crippen molar-refractivity contribution in [2.45, 2.75) is 37.5 Å². The lowest BCUT2D eigenvalue weighted by Gasteiger charge is -2.27. The largest absolute Gasteiger partial charge is 0.123 e. The summed E-state index contributed by atoms with van der Waals surface area (Å²) in [5, 5.41) is 0.391. The van der Waals surface area contributed by atoms with Crippen LogP contribution in [0.4, 0.5) is 0 Å². The van der Waals surface area contributed by atoms with Crippen LogP contribution in [-0.2, 0) is 6.42 Å². The van der Waals surface area contributed by atoms with Crippen molar-refractivity contribution in [2.75, 3.05) is 0 Å². The summed E-state index contributed by atoms with van der Waals surface area (Å²) in [4.78, 5) is 0. The van der Waals surface area contributed by atoms with Crippen LogP contribution in [0.5, 0.6) is 0 Å². The number of alkyl halides is 1. The molecule has 1 aliphatic rings. The Morgan fingerprint density at radius 1 is 1.13 bits per heavy atom. The molecule has 2 atom stereocenters. The third-order valence-electron chi connectivity index (χ3n) is 3.23. The van der Waals surface area contributed by atoms with E-state index in [1.807, 2.05) is 0 Å². The molecule has 0 bridgehead atoms. The molecule has 0 aliphatic heterocycles. The van der Waals surface area contributed by atoms with E-state index in [4.69, 9.17) is 11.6 Å². The lowest BCUT2D eigenvalue weighted by Crippen LogP contribution is -2.21. The van der Waals surface area contributed by atoms with Gasteiger partial charge in [-0.3, -0.25) is 0 Å². The molecule has 15 heavy (non-hydrogen) atoms. The van der Waals surface area contributed by atoms with E-state index in [1.54, 1.807) is 0 Å². The predicted molar refractivity (Wildman–Crippen MR) is 69.4 cm³/mol. The maximum absolute atomic E-state index is 6.35. The first-order valence-corrected chi connectivity index (χ1v) is 6.87. The van der Waals surface area contributed by atoms with Crippen LogP contribution < -0.4 is 0 Å². The minimum absolute atomic E-state index is 0.391. The van der Waals surface area contributed by atoms with Crippen LogP contribution in [0.2, 0.25) is 0 Å². The minimum Gasteiger partial charge on any atom is -0.123 e. The van der Waals surface area contributed by atoms with Crippen molar-refractivity contribution in [1.82, 2.24) is 0 Å². The molecule has 2 heteroatoms. The number of benzene rings is 1. The predicted octanol–water partition coefficient (Wildman–Crippen LogP) is 4.79. The Morgan fingerprint density at radius 2 is 1.80 bits per heavy atom. The molecule has 0 N–H and O–H groups in total. The third-order valence-corrected chi connectivity index (χ3v) is 4.33. The van der Waals surface area contributed by atoms with E-state index in [0.717, 1.165) is 10.9 Å². The number of hydrogen-bond donors (Lipinski definition) is 0. The monoisotopic (exact) mass is 286 g/mol. The second-order valence-electron chi connectivity index (χ2n) is 4.39. The highest BCUT2D eigenvalue weighted by Gasteiger charge is 2.22. The highest BCUT2D eigenvalue weighted by molar-refractivity contribution is 9.10. The first-order chi connectivity index (χ1) is 7.25. The van der Waals surface area contributed by atoms with Crippen LogP contribution in [0.25, 0.3) is 0 Å². The van der Waals surface area contributed by atoms with Gasteiger partial charge in [0.15, 0.2) is 0 Å². The fourth-order valence-electron chi connectivity index (χ4n) is 2.32. The molecule has 1 aromatic carbocycles. The lowest BCUT2D eigenvalue weighted by atomic mass is 9.84. The second-order valence-corrected chi connectivity index (χ2v) is 5.87. The standard InChI is InChI=1S/C13H16BrCl/c14-12-7-5-10(6-8-12)9-11-3-1-2-4-13(11)15/h5-8,11,13H,1-4,9H2. The molecule has 0 radical (unpaired) electrons. The quantitative estimate of drug-likeness (QED) is 0.686. The Labute approximate surface area is 105 Å². The summed E-state index contributed by atoms with van der Waals surface area (Å²) in [5.41, 5.74) is 1.41. The molecule has 1 aromatic rings. The van der Waals surface area contributed by atoms with Crippen LogP contribution in [0.15, 0.2) is 28.7 Å². The molecule has 2 unspecified atom stereocenters. The van der Waals surface area contributed by atoms with Gasteiger partial charge in [0.1, 0.15) is 0 Å². The van der Waals surface area contributed by atoms with E-state index in [0.29, 0.717) is 11.3 Å². The maximum Gasteiger partial charge on any atom is 0.0367 e. The molecule has 82 valence electrons. The number of rotatable bonds is 2. The molecule has 0 spiro atoms. The third kappa shape index (κ3) is 3.22. The lowest BCUT2D eigenvalue weighted by molar-refractivity contribution is 0.364. The molecule has 0 aromatic heterocycles. The summed E-state index contributed by atoms with van der Waals surface area (Å²) < 4.78 is 1.15. The number of halogens is 2. The molecular weight excluding hydrogens is 272 g/mol. The topological polar surface area (TPSA) is 0 Å². The fourth-order valence-corrected chi connectivity index (χ4v) is 2.95. The summed E-state index contributed by atoms with van der Waals surface area (Å²) in [6, 6.07) is 8.62. The van der Waals surface area contributed by atoms with Crippen LogP contribution in [-0.4, -0.2) is 5.38 Å². The summed E-state index contributed by atoms with van der Waals surface area (Å²) in [6.07, 6.45) is 6.30. The molecule has 1 saturated carbocycles. The molecule has 2 rings (SSSR count). The van der Waals surface area contributed by atoms with Crippen molar-refractivity contribution in [2.24, 2.45) is 5.92 Å². The van der Waals surface area contributed by atoms with Gasteiger partial charge in [0.2, 0.25) is 0 Å². The number of hydrogen-bond acceptors (Lipinski definition) is 0. The Morgan fingerprint density at radius 3 is 2.47 bits per heavy atom. The van der Waals surface area contributed by atoms with Crippen molar-refractivity contribution >= 4 is 27.5 Å². The smallest absolute Gasteiger partial charge is 0.0367 e. The molecular formula is C13H16BrCl. The van der Waals surface area contributed by atoms with Crippen molar-refractivity contribution in [3.05, 3.63) is 34.3 Å². The van der Waals surface area contributed by atoms with Crippen molar-refractivity contribution in [3.63, 3.8) is 0 Å². The van der Waals surface area contributed by atoms with Gasteiger partial charge in [-0.05, 0) is 42.9 Å². The summed E-state index contributed by atoms with van der Waals surface area (Å²) in [7, 11) is 0. The van der Waals surface area contributed by atoms with Crippen LogP contribution >= 0.6 is 27.5 Å². The molecule has 0 saturated heterocycles. The van der Waals surface area contributed by atoms with Crippen LogP contribution in [0, 0.1) is 5.92 Å². The Kier molecular flexibility index (Phi) is 4.10. The van der Waals surface area contributed by atoms with Gasteiger partial charge in [-0.1, -0.05) is 40.9 Å². The van der Waals surface area contributed by atoms with Gasteiger partial charge in [0.05, 0.1) is 0 Å². The normalized spacial score (nSPS) is 26.5. The average molecular weight is 288 g/mol. The summed E-state index contributed by atoms with van der Waals surface area (Å²) in [5.74, 6) is 0.682. The van der Waals surface area contributed by atoms with E-state index in [2.05, 4.69) is 40.2 Å². The zero-order valence-electron chi connectivity index (χ0n) is 8.76. The summed E-state index contributed by atoms with van der Waals surface area (Å²) >= 11 is 9.81. The zero-order valence-corrected chi connectivity index (χ0v) is 11.1. The van der Waals surface area contributed by atoms with Gasteiger partial charge in [-0.25, -0.2) is 0 Å². The first-order valence-electron chi connectivity index (χ1n) is 5.64. The highest BCUT2D eigenvalue weighted by atomic mass is 79.9. The molecule has 0 nitrogen and oxygen atoms in total. The minimum atomic E-state index is 0.391. The Hall–Kier alpha value is -0.0100. The molecule has 0 amide bonds. The Balaban J connectivity index is 1.98. The van der Waals surface area contributed by atoms with Gasteiger partial charge in [0.25, 0.3) is 0 Å². The van der Waals surface area contributed by atoms with Crippen molar-refractivity contribution in [1.29, 1.82) is 0 Å². The SMILES string of the molecule is ClC1CCCCC1Cc1ccc(Br)cc1. The maximum atomic E-state index is 6.35. The fraction of sp³-hybridized carbons (Fsp3) is 0.538. The average Bonchev–Trinajstić information content (AvgIpc) is 2.25. The van der Waals surface area contributed by atoms with Crippen LogP contribution in [0.1, 0.15) is 31.2 Å². The van der Waals surface area contributed by atoms with Gasteiger partial charge < -0.3 is 0 Å². The van der Waals surface area contributed by atoms with Gasteiger partial charge in [0, 0.05) is 9.85 Å². The molecule has 1 fully saturated rings. The second kappa shape index (κ2) is 5.36. The van der Waals surface area contributed by atoms with E-state index in [1.165, 1.54) is 31.2 Å². The van der Waals surface area contributed by atoms with E-state index in [-0.39, 0.29) is 0 Å². The zero-order chi connectivity index (χ0) is 10.7. The van der Waals surface area contributed by atoms with Crippen molar-refractivity contribution < 1.29 is 0 Å². The molecule has 1 aliphatic carbocycles. The van der Waals surface area contributed by atoms with Crippen LogP contribution in [0.3, 0.4) is 0 Å². The van der Waals surface area contributed by atoms with Gasteiger partial charge >= 0.3 is 0 Å². The van der Waals surface area contributed by atoms with Crippen molar-refractivity contribution in [3.8, 4) is 0 Å². The highest BCUT2D eigenvalue weighted by Crippen LogP contribution is 2.31. The Bertz CT molecular complexity index is 307. The summed E-state index contributed by atoms with van der Waals surface area (Å²) in [6.45, 7) is 0. The van der Waals surface area contributed by atoms with E-state index in [9.17, 15) is 0 Å². The molecule has 0 heterocycles. The van der Waals surface area contributed by atoms with E-state index < -0.39 is 0 Å². The van der Waals surface area contributed by atoms with E-state index >= 15 is 0 Å². The van der Waals surface area contributed by atoms with Gasteiger partial charge in [-0.2, -0.15) is 0 Å². The van der Waals surface area contributed by atoms with Gasteiger partial charge in [-0.15, -0.1) is 11.6 Å².